The van der Waals surface area contributed by atoms with E-state index in [2.05, 4.69) is 26.7 Å². The molecule has 0 aliphatic rings. The third-order valence-electron chi connectivity index (χ3n) is 3.09. The summed E-state index contributed by atoms with van der Waals surface area (Å²) >= 11 is 0. The van der Waals surface area contributed by atoms with E-state index in [9.17, 15) is 4.79 Å². The number of nitrogens with zero attached hydrogens (tertiary/aromatic N) is 2. The van der Waals surface area contributed by atoms with Crippen molar-refractivity contribution in [2.45, 2.75) is 20.3 Å². The van der Waals surface area contributed by atoms with Gasteiger partial charge < -0.3 is 15.4 Å². The summed E-state index contributed by atoms with van der Waals surface area (Å²) in [5.74, 6) is 1.33. The molecule has 1 aromatic carbocycles. The van der Waals surface area contributed by atoms with Crippen LogP contribution in [-0.2, 0) is 4.79 Å². The van der Waals surface area contributed by atoms with Crippen molar-refractivity contribution in [2.75, 3.05) is 25.0 Å². The number of aromatic nitrogens is 2. The Balaban J connectivity index is 1.59. The molecule has 1 aromatic heterocycles. The molecular formula is C17H22N4O2. The van der Waals surface area contributed by atoms with Gasteiger partial charge >= 0.3 is 0 Å². The zero-order valence-electron chi connectivity index (χ0n) is 13.5. The van der Waals surface area contributed by atoms with Crippen LogP contribution in [0.25, 0.3) is 0 Å². The molecule has 2 rings (SSSR count). The molecule has 23 heavy (non-hydrogen) atoms. The fraction of sp³-hybridized carbons (Fsp3) is 0.353. The summed E-state index contributed by atoms with van der Waals surface area (Å²) in [5, 5.41) is 5.81. The van der Waals surface area contributed by atoms with Crippen LogP contribution >= 0.6 is 0 Å². The number of carbonyl (C=O) groups is 1. The standard InChI is InChI=1S/C17H22N4O2/c1-13-10-14(2)12-15(11-13)23-9-8-18-16(22)4-7-21-17-19-5-3-6-20-17/h3,5-6,10-12H,4,7-9H2,1-2H3,(H,18,22)(H,19,20,21). The number of benzene rings is 1. The second-order valence-electron chi connectivity index (χ2n) is 5.27. The summed E-state index contributed by atoms with van der Waals surface area (Å²) in [7, 11) is 0. The molecular weight excluding hydrogens is 292 g/mol. The van der Waals surface area contributed by atoms with E-state index in [0.29, 0.717) is 32.1 Å². The second kappa shape index (κ2) is 8.73. The quantitative estimate of drug-likeness (QED) is 0.730. The lowest BCUT2D eigenvalue weighted by molar-refractivity contribution is -0.120. The minimum Gasteiger partial charge on any atom is -0.492 e. The Bertz CT molecular complexity index is 611. The van der Waals surface area contributed by atoms with E-state index in [1.54, 1.807) is 18.5 Å². The van der Waals surface area contributed by atoms with Crippen LogP contribution in [-0.4, -0.2) is 35.6 Å². The SMILES string of the molecule is Cc1cc(C)cc(OCCNC(=O)CCNc2ncccn2)c1. The lowest BCUT2D eigenvalue weighted by Crippen LogP contribution is -2.29. The molecule has 0 aliphatic heterocycles. The highest BCUT2D eigenvalue weighted by Crippen LogP contribution is 2.15. The van der Waals surface area contributed by atoms with Crippen LogP contribution < -0.4 is 15.4 Å². The van der Waals surface area contributed by atoms with Crippen LogP contribution in [0.4, 0.5) is 5.95 Å². The van der Waals surface area contributed by atoms with Gasteiger partial charge in [-0.05, 0) is 43.2 Å². The number of anilines is 1. The van der Waals surface area contributed by atoms with Crippen LogP contribution in [0.5, 0.6) is 5.75 Å². The van der Waals surface area contributed by atoms with Crippen LogP contribution in [0.2, 0.25) is 0 Å². The number of aryl methyl sites for hydroxylation is 2. The Hall–Kier alpha value is -2.63. The molecule has 0 atom stereocenters. The van der Waals surface area contributed by atoms with Crippen LogP contribution in [0, 0.1) is 13.8 Å². The Morgan fingerprint density at radius 2 is 1.78 bits per heavy atom. The van der Waals surface area contributed by atoms with Crippen LogP contribution in [0.15, 0.2) is 36.7 Å². The number of nitrogens with one attached hydrogen (secondary N) is 2. The minimum absolute atomic E-state index is 0.0301. The zero-order chi connectivity index (χ0) is 16.5. The first-order valence-electron chi connectivity index (χ1n) is 7.62. The summed E-state index contributed by atoms with van der Waals surface area (Å²) in [6, 6.07) is 7.81. The average molecular weight is 314 g/mol. The van der Waals surface area contributed by atoms with Crippen molar-refractivity contribution in [1.82, 2.24) is 15.3 Å². The van der Waals surface area contributed by atoms with Crippen molar-refractivity contribution in [2.24, 2.45) is 0 Å². The number of amides is 1. The molecule has 1 amide bonds. The summed E-state index contributed by atoms with van der Waals surface area (Å²) in [5.41, 5.74) is 2.33. The first-order valence-corrected chi connectivity index (χ1v) is 7.62. The Morgan fingerprint density at radius 1 is 1.09 bits per heavy atom. The van der Waals surface area contributed by atoms with Crippen molar-refractivity contribution in [3.8, 4) is 5.75 Å². The molecule has 0 unspecified atom stereocenters. The summed E-state index contributed by atoms with van der Waals surface area (Å²) < 4.78 is 5.64. The van der Waals surface area contributed by atoms with Crippen LogP contribution in [0.1, 0.15) is 17.5 Å². The first kappa shape index (κ1) is 16.7. The lowest BCUT2D eigenvalue weighted by atomic mass is 10.1. The maximum atomic E-state index is 11.7. The third kappa shape index (κ3) is 6.34. The van der Waals surface area contributed by atoms with Gasteiger partial charge in [0, 0.05) is 25.4 Å². The number of hydrogen-bond donors (Lipinski definition) is 2. The molecule has 6 heteroatoms. The van der Waals surface area contributed by atoms with E-state index in [0.717, 1.165) is 5.75 Å². The number of hydrogen-bond acceptors (Lipinski definition) is 5. The fourth-order valence-corrected chi connectivity index (χ4v) is 2.14. The van der Waals surface area contributed by atoms with Gasteiger partial charge in [0.2, 0.25) is 11.9 Å². The van der Waals surface area contributed by atoms with E-state index in [1.807, 2.05) is 26.0 Å². The monoisotopic (exact) mass is 314 g/mol. The number of ether oxygens (including phenoxy) is 1. The topological polar surface area (TPSA) is 76.1 Å². The molecule has 0 bridgehead atoms. The molecule has 2 N–H and O–H groups in total. The highest BCUT2D eigenvalue weighted by Gasteiger charge is 2.02. The summed E-state index contributed by atoms with van der Waals surface area (Å²) in [4.78, 5) is 19.8. The highest BCUT2D eigenvalue weighted by atomic mass is 16.5. The molecule has 0 aliphatic carbocycles. The molecule has 1 heterocycles. The maximum absolute atomic E-state index is 11.7. The number of rotatable bonds is 8. The zero-order valence-corrected chi connectivity index (χ0v) is 13.5. The number of carbonyl (C=O) groups excluding carboxylic acids is 1. The summed E-state index contributed by atoms with van der Waals surface area (Å²) in [6.45, 7) is 5.49. The van der Waals surface area contributed by atoms with Gasteiger partial charge in [-0.25, -0.2) is 9.97 Å². The Labute approximate surface area is 136 Å². The predicted octanol–water partition coefficient (Wildman–Crippen LogP) is 2.09. The first-order chi connectivity index (χ1) is 11.1. The van der Waals surface area contributed by atoms with Crippen molar-refractivity contribution in [3.05, 3.63) is 47.8 Å². The van der Waals surface area contributed by atoms with E-state index >= 15 is 0 Å². The second-order valence-corrected chi connectivity index (χ2v) is 5.27. The van der Waals surface area contributed by atoms with E-state index < -0.39 is 0 Å². The molecule has 122 valence electrons. The van der Waals surface area contributed by atoms with Gasteiger partial charge in [0.05, 0.1) is 6.54 Å². The molecule has 0 spiro atoms. The lowest BCUT2D eigenvalue weighted by Gasteiger charge is -2.09. The highest BCUT2D eigenvalue weighted by molar-refractivity contribution is 5.76. The van der Waals surface area contributed by atoms with Crippen molar-refractivity contribution < 1.29 is 9.53 Å². The molecule has 2 aromatic rings. The van der Waals surface area contributed by atoms with Gasteiger partial charge in [-0.3, -0.25) is 4.79 Å². The smallest absolute Gasteiger partial charge is 0.222 e. The Morgan fingerprint density at radius 3 is 2.48 bits per heavy atom. The average Bonchev–Trinajstić information content (AvgIpc) is 2.52. The van der Waals surface area contributed by atoms with Crippen molar-refractivity contribution in [1.29, 1.82) is 0 Å². The van der Waals surface area contributed by atoms with Gasteiger partial charge in [0.15, 0.2) is 0 Å². The third-order valence-corrected chi connectivity index (χ3v) is 3.09. The van der Waals surface area contributed by atoms with E-state index in [4.69, 9.17) is 4.74 Å². The normalized spacial score (nSPS) is 10.2. The molecule has 0 saturated heterocycles. The Kier molecular flexibility index (Phi) is 6.35. The van der Waals surface area contributed by atoms with Gasteiger partial charge in [0.1, 0.15) is 12.4 Å². The molecule has 6 nitrogen and oxygen atoms in total. The fourth-order valence-electron chi connectivity index (χ4n) is 2.14. The predicted molar refractivity (Wildman–Crippen MR) is 89.6 cm³/mol. The van der Waals surface area contributed by atoms with Crippen molar-refractivity contribution >= 4 is 11.9 Å². The van der Waals surface area contributed by atoms with Crippen LogP contribution in [0.3, 0.4) is 0 Å². The largest absolute Gasteiger partial charge is 0.492 e. The van der Waals surface area contributed by atoms with E-state index in [-0.39, 0.29) is 5.91 Å². The van der Waals surface area contributed by atoms with Crippen molar-refractivity contribution in [3.63, 3.8) is 0 Å². The van der Waals surface area contributed by atoms with Gasteiger partial charge in [-0.2, -0.15) is 0 Å². The van der Waals surface area contributed by atoms with Gasteiger partial charge in [-0.15, -0.1) is 0 Å². The molecule has 0 saturated carbocycles. The van der Waals surface area contributed by atoms with E-state index in [1.165, 1.54) is 11.1 Å². The maximum Gasteiger partial charge on any atom is 0.222 e. The van der Waals surface area contributed by atoms with Gasteiger partial charge in [-0.1, -0.05) is 6.07 Å². The molecule has 0 radical (unpaired) electrons. The van der Waals surface area contributed by atoms with Gasteiger partial charge in [0.25, 0.3) is 0 Å². The summed E-state index contributed by atoms with van der Waals surface area (Å²) in [6.07, 6.45) is 3.67. The molecule has 0 fully saturated rings. The minimum atomic E-state index is -0.0301.